The quantitative estimate of drug-likeness (QED) is 0.832. The minimum absolute atomic E-state index is 0.0565. The Labute approximate surface area is 110 Å². The van der Waals surface area contributed by atoms with E-state index < -0.39 is 10.0 Å². The third-order valence-corrected chi connectivity index (χ3v) is 4.36. The van der Waals surface area contributed by atoms with Crippen LogP contribution in [-0.4, -0.2) is 14.5 Å². The van der Waals surface area contributed by atoms with Crippen LogP contribution in [0.15, 0.2) is 29.2 Å². The van der Waals surface area contributed by atoms with E-state index >= 15 is 0 Å². The first-order chi connectivity index (χ1) is 8.36. The molecule has 102 valence electrons. The monoisotopic (exact) mass is 270 g/mol. The molecule has 18 heavy (non-hydrogen) atoms. The van der Waals surface area contributed by atoms with Crippen molar-refractivity contribution in [2.45, 2.75) is 50.6 Å². The highest BCUT2D eigenvalue weighted by atomic mass is 32.2. The topological polar surface area (TPSA) is 72.2 Å². The highest BCUT2D eigenvalue weighted by Gasteiger charge is 2.17. The zero-order chi connectivity index (χ0) is 13.8. The van der Waals surface area contributed by atoms with Crippen LogP contribution in [0.25, 0.3) is 0 Å². The number of nitrogens with one attached hydrogen (secondary N) is 1. The van der Waals surface area contributed by atoms with Crippen LogP contribution in [0.4, 0.5) is 0 Å². The predicted octanol–water partition coefficient (Wildman–Crippen LogP) is 2.17. The number of hydrogen-bond donors (Lipinski definition) is 2. The molecule has 0 aliphatic heterocycles. The summed E-state index contributed by atoms with van der Waals surface area (Å²) in [5.41, 5.74) is 6.58. The third-order valence-electron chi connectivity index (χ3n) is 2.77. The molecule has 0 spiro atoms. The van der Waals surface area contributed by atoms with E-state index in [-0.39, 0.29) is 17.0 Å². The molecule has 4 nitrogen and oxygen atoms in total. The summed E-state index contributed by atoms with van der Waals surface area (Å²) in [7, 11) is -3.44. The first-order valence-electron chi connectivity index (χ1n) is 6.24. The molecule has 0 aliphatic carbocycles. The first kappa shape index (κ1) is 15.1. The van der Waals surface area contributed by atoms with Crippen LogP contribution < -0.4 is 10.5 Å². The molecular weight excluding hydrogens is 248 g/mol. The molecule has 2 unspecified atom stereocenters. The van der Waals surface area contributed by atoms with Gasteiger partial charge in [-0.1, -0.05) is 25.5 Å². The summed E-state index contributed by atoms with van der Waals surface area (Å²) >= 11 is 0. The molecule has 2 atom stereocenters. The second kappa shape index (κ2) is 6.31. The zero-order valence-corrected chi connectivity index (χ0v) is 12.0. The molecule has 1 rings (SSSR count). The Morgan fingerprint density at radius 3 is 2.56 bits per heavy atom. The molecule has 0 aromatic heterocycles. The number of benzene rings is 1. The van der Waals surface area contributed by atoms with Crippen molar-refractivity contribution in [2.24, 2.45) is 5.73 Å². The average Bonchev–Trinajstić information content (AvgIpc) is 2.28. The van der Waals surface area contributed by atoms with Gasteiger partial charge in [-0.25, -0.2) is 13.1 Å². The van der Waals surface area contributed by atoms with Crippen molar-refractivity contribution >= 4 is 10.0 Å². The third kappa shape index (κ3) is 4.08. The maximum absolute atomic E-state index is 12.1. The van der Waals surface area contributed by atoms with Crippen LogP contribution in [0.5, 0.6) is 0 Å². The Balaban J connectivity index is 2.94. The number of nitrogens with two attached hydrogens (primary N) is 1. The van der Waals surface area contributed by atoms with Gasteiger partial charge in [0.25, 0.3) is 0 Å². The van der Waals surface area contributed by atoms with E-state index in [1.54, 1.807) is 18.2 Å². The van der Waals surface area contributed by atoms with Gasteiger partial charge in [-0.3, -0.25) is 0 Å². The molecule has 1 aromatic rings. The minimum atomic E-state index is -3.44. The normalized spacial score (nSPS) is 15.3. The van der Waals surface area contributed by atoms with Crippen molar-refractivity contribution in [3.63, 3.8) is 0 Å². The van der Waals surface area contributed by atoms with Crippen molar-refractivity contribution in [2.75, 3.05) is 0 Å². The van der Waals surface area contributed by atoms with Crippen LogP contribution in [0.3, 0.4) is 0 Å². The molecule has 0 radical (unpaired) electrons. The van der Waals surface area contributed by atoms with Gasteiger partial charge >= 0.3 is 0 Å². The van der Waals surface area contributed by atoms with E-state index in [0.717, 1.165) is 18.4 Å². The summed E-state index contributed by atoms with van der Waals surface area (Å²) in [6.07, 6.45) is 1.77. The minimum Gasteiger partial charge on any atom is -0.324 e. The SMILES string of the molecule is CCCC(C)NS(=O)(=O)c1cccc(C(C)N)c1. The molecule has 0 saturated carbocycles. The van der Waals surface area contributed by atoms with E-state index in [9.17, 15) is 8.42 Å². The Morgan fingerprint density at radius 1 is 1.33 bits per heavy atom. The highest BCUT2D eigenvalue weighted by Crippen LogP contribution is 2.16. The van der Waals surface area contributed by atoms with Gasteiger partial charge in [-0.15, -0.1) is 0 Å². The van der Waals surface area contributed by atoms with Crippen molar-refractivity contribution < 1.29 is 8.42 Å². The largest absolute Gasteiger partial charge is 0.324 e. The van der Waals surface area contributed by atoms with Gasteiger partial charge in [0.1, 0.15) is 0 Å². The lowest BCUT2D eigenvalue weighted by Gasteiger charge is -2.14. The van der Waals surface area contributed by atoms with Gasteiger partial charge in [0.05, 0.1) is 4.90 Å². The maximum Gasteiger partial charge on any atom is 0.240 e. The highest BCUT2D eigenvalue weighted by molar-refractivity contribution is 7.89. The van der Waals surface area contributed by atoms with Crippen LogP contribution >= 0.6 is 0 Å². The molecule has 3 N–H and O–H groups in total. The zero-order valence-electron chi connectivity index (χ0n) is 11.2. The van der Waals surface area contributed by atoms with Gasteiger partial charge in [-0.2, -0.15) is 0 Å². The van der Waals surface area contributed by atoms with E-state index in [1.165, 1.54) is 0 Å². The maximum atomic E-state index is 12.1. The Kier molecular flexibility index (Phi) is 5.31. The Hall–Kier alpha value is -0.910. The number of hydrogen-bond acceptors (Lipinski definition) is 3. The van der Waals surface area contributed by atoms with E-state index in [4.69, 9.17) is 5.73 Å². The molecular formula is C13H22N2O2S. The van der Waals surface area contributed by atoms with E-state index in [2.05, 4.69) is 4.72 Å². The fraction of sp³-hybridized carbons (Fsp3) is 0.538. The van der Waals surface area contributed by atoms with E-state index in [1.807, 2.05) is 26.8 Å². The van der Waals surface area contributed by atoms with Gasteiger partial charge in [0.15, 0.2) is 0 Å². The molecule has 0 fully saturated rings. The van der Waals surface area contributed by atoms with Gasteiger partial charge < -0.3 is 5.73 Å². The fourth-order valence-electron chi connectivity index (χ4n) is 1.79. The van der Waals surface area contributed by atoms with Crippen molar-refractivity contribution in [1.82, 2.24) is 4.72 Å². The number of rotatable bonds is 6. The molecule has 5 heteroatoms. The summed E-state index contributed by atoms with van der Waals surface area (Å²) in [6.45, 7) is 5.73. The lowest BCUT2D eigenvalue weighted by atomic mass is 10.1. The van der Waals surface area contributed by atoms with Crippen LogP contribution in [0.1, 0.15) is 45.2 Å². The number of sulfonamides is 1. The summed E-state index contributed by atoms with van der Waals surface area (Å²) in [6, 6.07) is 6.54. The summed E-state index contributed by atoms with van der Waals surface area (Å²) in [5, 5.41) is 0. The molecule has 0 bridgehead atoms. The lowest BCUT2D eigenvalue weighted by molar-refractivity contribution is 0.543. The molecule has 0 heterocycles. The van der Waals surface area contributed by atoms with Crippen molar-refractivity contribution in [1.29, 1.82) is 0 Å². The molecule has 0 saturated heterocycles. The summed E-state index contributed by atoms with van der Waals surface area (Å²) in [4.78, 5) is 0.278. The smallest absolute Gasteiger partial charge is 0.240 e. The van der Waals surface area contributed by atoms with E-state index in [0.29, 0.717) is 0 Å². The standard InChI is InChI=1S/C13H22N2O2S/c1-4-6-10(2)15-18(16,17)13-8-5-7-12(9-13)11(3)14/h5,7-11,15H,4,6,14H2,1-3H3. The van der Waals surface area contributed by atoms with Gasteiger partial charge in [-0.05, 0) is 38.0 Å². The summed E-state index contributed by atoms with van der Waals surface area (Å²) < 4.78 is 27.0. The second-order valence-electron chi connectivity index (χ2n) is 4.67. The van der Waals surface area contributed by atoms with Crippen molar-refractivity contribution in [3.8, 4) is 0 Å². The molecule has 0 amide bonds. The fourth-order valence-corrected chi connectivity index (χ4v) is 3.12. The summed E-state index contributed by atoms with van der Waals surface area (Å²) in [5.74, 6) is 0. The lowest BCUT2D eigenvalue weighted by Crippen LogP contribution is -2.32. The molecule has 0 aliphatic rings. The van der Waals surface area contributed by atoms with Crippen LogP contribution in [0.2, 0.25) is 0 Å². The van der Waals surface area contributed by atoms with Gasteiger partial charge in [0.2, 0.25) is 10.0 Å². The van der Waals surface area contributed by atoms with Gasteiger partial charge in [0, 0.05) is 12.1 Å². The second-order valence-corrected chi connectivity index (χ2v) is 6.39. The molecule has 1 aromatic carbocycles. The first-order valence-corrected chi connectivity index (χ1v) is 7.73. The van der Waals surface area contributed by atoms with Crippen LogP contribution in [-0.2, 0) is 10.0 Å². The Bertz CT molecular complexity index is 484. The predicted molar refractivity (Wildman–Crippen MR) is 73.7 cm³/mol. The van der Waals surface area contributed by atoms with Crippen molar-refractivity contribution in [3.05, 3.63) is 29.8 Å². The average molecular weight is 270 g/mol. The Morgan fingerprint density at radius 2 is 2.00 bits per heavy atom. The van der Waals surface area contributed by atoms with Crippen LogP contribution in [0, 0.1) is 0 Å².